The fraction of sp³-hybridized carbons (Fsp3) is 0.714. The highest BCUT2D eigenvalue weighted by atomic mass is 32.1. The highest BCUT2D eigenvalue weighted by molar-refractivity contribution is 7.05. The zero-order valence-electron chi connectivity index (χ0n) is 12.0. The molecule has 2 saturated heterocycles. The summed E-state index contributed by atoms with van der Waals surface area (Å²) in [6, 6.07) is 0.249. The first-order valence-corrected chi connectivity index (χ1v) is 8.32. The normalized spacial score (nSPS) is 28.3. The Bertz CT molecular complexity index is 598. The monoisotopic (exact) mass is 306 g/mol. The molecule has 7 heteroatoms. The summed E-state index contributed by atoms with van der Waals surface area (Å²) >= 11 is 1.25. The third kappa shape index (κ3) is 2.14. The van der Waals surface area contributed by atoms with E-state index in [9.17, 15) is 9.59 Å². The van der Waals surface area contributed by atoms with E-state index in [1.54, 1.807) is 0 Å². The summed E-state index contributed by atoms with van der Waals surface area (Å²) in [4.78, 5) is 29.6. The number of hydrogen-bond donors (Lipinski definition) is 0. The second-order valence-corrected chi connectivity index (χ2v) is 7.25. The van der Waals surface area contributed by atoms with Crippen LogP contribution in [0.4, 0.5) is 0 Å². The van der Waals surface area contributed by atoms with Gasteiger partial charge in [-0.2, -0.15) is 0 Å². The molecule has 2 aliphatic heterocycles. The average Bonchev–Trinajstić information content (AvgIpc) is 2.90. The molecule has 0 bridgehead atoms. The van der Waals surface area contributed by atoms with Gasteiger partial charge in [0.1, 0.15) is 0 Å². The Labute approximate surface area is 127 Å². The Kier molecular flexibility index (Phi) is 2.99. The molecule has 6 nitrogen and oxygen atoms in total. The molecule has 4 rings (SSSR count). The van der Waals surface area contributed by atoms with Gasteiger partial charge in [-0.15, -0.1) is 5.10 Å². The Morgan fingerprint density at radius 3 is 2.81 bits per heavy atom. The highest BCUT2D eigenvalue weighted by Gasteiger charge is 2.49. The predicted molar refractivity (Wildman–Crippen MR) is 76.9 cm³/mol. The third-order valence-electron chi connectivity index (χ3n) is 4.88. The van der Waals surface area contributed by atoms with Gasteiger partial charge in [-0.3, -0.25) is 9.59 Å². The lowest BCUT2D eigenvalue weighted by molar-refractivity contribution is -0.129. The van der Waals surface area contributed by atoms with Gasteiger partial charge in [0.15, 0.2) is 5.69 Å². The SMILES string of the molecule is Cc1snnc1C(=O)N1CC[C@@H]2[C@@H]1CC(=O)N2CC1CC1. The molecular weight excluding hydrogens is 288 g/mol. The number of carbonyl (C=O) groups excluding carboxylic acids is 2. The number of likely N-dealkylation sites (tertiary alicyclic amines) is 2. The quantitative estimate of drug-likeness (QED) is 0.838. The van der Waals surface area contributed by atoms with E-state index >= 15 is 0 Å². The van der Waals surface area contributed by atoms with E-state index in [4.69, 9.17) is 0 Å². The van der Waals surface area contributed by atoms with Crippen LogP contribution in [0.3, 0.4) is 0 Å². The summed E-state index contributed by atoms with van der Waals surface area (Å²) in [6.45, 7) is 3.48. The van der Waals surface area contributed by atoms with Gasteiger partial charge in [0, 0.05) is 19.5 Å². The lowest BCUT2D eigenvalue weighted by atomic mass is 10.1. The van der Waals surface area contributed by atoms with Crippen LogP contribution in [0.25, 0.3) is 0 Å². The second kappa shape index (κ2) is 4.76. The van der Waals surface area contributed by atoms with Crippen molar-refractivity contribution in [1.29, 1.82) is 0 Å². The van der Waals surface area contributed by atoms with Crippen molar-refractivity contribution >= 4 is 23.3 Å². The summed E-state index contributed by atoms with van der Waals surface area (Å²) in [5.74, 6) is 0.847. The van der Waals surface area contributed by atoms with Gasteiger partial charge in [-0.25, -0.2) is 0 Å². The molecule has 1 saturated carbocycles. The van der Waals surface area contributed by atoms with E-state index in [0.29, 0.717) is 18.0 Å². The molecule has 3 heterocycles. The zero-order valence-corrected chi connectivity index (χ0v) is 12.8. The Morgan fingerprint density at radius 1 is 1.33 bits per heavy atom. The topological polar surface area (TPSA) is 66.4 Å². The van der Waals surface area contributed by atoms with Gasteiger partial charge in [0.2, 0.25) is 5.91 Å². The van der Waals surface area contributed by atoms with Crippen LogP contribution in [0.5, 0.6) is 0 Å². The first kappa shape index (κ1) is 13.2. The first-order chi connectivity index (χ1) is 10.1. The standard InChI is InChI=1S/C14H18N4O2S/c1-8-13(15-16-21-8)14(20)17-5-4-10-11(17)6-12(19)18(10)7-9-2-3-9/h9-11H,2-7H2,1H3/t10-,11+/m1/s1. The van der Waals surface area contributed by atoms with Crippen LogP contribution in [0, 0.1) is 12.8 Å². The van der Waals surface area contributed by atoms with Gasteiger partial charge in [0.25, 0.3) is 5.91 Å². The number of carbonyl (C=O) groups is 2. The Balaban J connectivity index is 1.53. The first-order valence-electron chi connectivity index (χ1n) is 7.54. The average molecular weight is 306 g/mol. The van der Waals surface area contributed by atoms with E-state index in [-0.39, 0.29) is 23.9 Å². The van der Waals surface area contributed by atoms with Gasteiger partial charge in [-0.1, -0.05) is 4.49 Å². The minimum atomic E-state index is -0.0604. The molecule has 1 aromatic rings. The summed E-state index contributed by atoms with van der Waals surface area (Å²) in [7, 11) is 0. The highest BCUT2D eigenvalue weighted by Crippen LogP contribution is 2.38. The zero-order chi connectivity index (χ0) is 14.6. The van der Waals surface area contributed by atoms with Crippen LogP contribution >= 0.6 is 11.5 Å². The second-order valence-electron chi connectivity index (χ2n) is 6.29. The van der Waals surface area contributed by atoms with E-state index in [2.05, 4.69) is 9.59 Å². The predicted octanol–water partition coefficient (Wildman–Crippen LogP) is 1.07. The number of aromatic nitrogens is 2. The number of amides is 2. The molecule has 112 valence electrons. The van der Waals surface area contributed by atoms with Crippen molar-refractivity contribution in [1.82, 2.24) is 19.4 Å². The third-order valence-corrected chi connectivity index (χ3v) is 5.51. The molecular formula is C14H18N4O2S. The van der Waals surface area contributed by atoms with Crippen molar-refractivity contribution in [3.63, 3.8) is 0 Å². The maximum absolute atomic E-state index is 12.6. The Hall–Kier alpha value is -1.50. The molecule has 2 atom stereocenters. The molecule has 1 aromatic heterocycles. The summed E-state index contributed by atoms with van der Waals surface area (Å²) in [5.41, 5.74) is 0.453. The van der Waals surface area contributed by atoms with Crippen LogP contribution in [0.15, 0.2) is 0 Å². The van der Waals surface area contributed by atoms with Crippen molar-refractivity contribution in [2.75, 3.05) is 13.1 Å². The minimum Gasteiger partial charge on any atom is -0.337 e. The van der Waals surface area contributed by atoms with Crippen molar-refractivity contribution < 1.29 is 9.59 Å². The molecule has 0 unspecified atom stereocenters. The van der Waals surface area contributed by atoms with E-state index in [1.165, 1.54) is 24.4 Å². The number of fused-ring (bicyclic) bond motifs is 1. The molecule has 3 aliphatic rings. The lowest BCUT2D eigenvalue weighted by Gasteiger charge is -2.25. The summed E-state index contributed by atoms with van der Waals surface area (Å²) in [6.07, 6.45) is 3.85. The van der Waals surface area contributed by atoms with Crippen LogP contribution in [-0.2, 0) is 4.79 Å². The molecule has 21 heavy (non-hydrogen) atoms. The van der Waals surface area contributed by atoms with Crippen molar-refractivity contribution in [3.8, 4) is 0 Å². The van der Waals surface area contributed by atoms with Crippen LogP contribution < -0.4 is 0 Å². The molecule has 1 aliphatic carbocycles. The molecule has 0 aromatic carbocycles. The number of rotatable bonds is 3. The van der Waals surface area contributed by atoms with Gasteiger partial charge in [-0.05, 0) is 43.6 Å². The van der Waals surface area contributed by atoms with Crippen molar-refractivity contribution in [3.05, 3.63) is 10.6 Å². The van der Waals surface area contributed by atoms with Gasteiger partial charge < -0.3 is 9.80 Å². The molecule has 2 amide bonds. The molecule has 0 spiro atoms. The maximum Gasteiger partial charge on any atom is 0.275 e. The van der Waals surface area contributed by atoms with Crippen molar-refractivity contribution in [2.24, 2.45) is 5.92 Å². The fourth-order valence-corrected chi connectivity index (χ4v) is 4.02. The minimum absolute atomic E-state index is 0.0323. The smallest absolute Gasteiger partial charge is 0.275 e. The lowest BCUT2D eigenvalue weighted by Crippen LogP contribution is -2.40. The molecule has 0 N–H and O–H groups in total. The van der Waals surface area contributed by atoms with Gasteiger partial charge >= 0.3 is 0 Å². The summed E-state index contributed by atoms with van der Waals surface area (Å²) in [5, 5.41) is 3.95. The largest absolute Gasteiger partial charge is 0.337 e. The number of aryl methyl sites for hydroxylation is 1. The van der Waals surface area contributed by atoms with Crippen LogP contribution in [0.2, 0.25) is 0 Å². The number of hydrogen-bond acceptors (Lipinski definition) is 5. The molecule has 3 fully saturated rings. The van der Waals surface area contributed by atoms with E-state index < -0.39 is 0 Å². The number of nitrogens with zero attached hydrogens (tertiary/aromatic N) is 4. The Morgan fingerprint density at radius 2 is 2.14 bits per heavy atom. The van der Waals surface area contributed by atoms with Crippen LogP contribution in [-0.4, -0.2) is 56.4 Å². The van der Waals surface area contributed by atoms with Crippen LogP contribution in [0.1, 0.15) is 41.0 Å². The maximum atomic E-state index is 12.6. The van der Waals surface area contributed by atoms with E-state index in [1.807, 2.05) is 16.7 Å². The fourth-order valence-electron chi connectivity index (χ4n) is 3.56. The van der Waals surface area contributed by atoms with E-state index in [0.717, 1.165) is 24.4 Å². The molecule has 0 radical (unpaired) electrons. The van der Waals surface area contributed by atoms with Crippen molar-refractivity contribution in [2.45, 2.75) is 44.7 Å². The summed E-state index contributed by atoms with van der Waals surface area (Å²) < 4.78 is 3.84. The van der Waals surface area contributed by atoms with Gasteiger partial charge in [0.05, 0.1) is 17.0 Å².